The Morgan fingerprint density at radius 1 is 1.47 bits per heavy atom. The molecule has 0 saturated carbocycles. The van der Waals surface area contributed by atoms with Crippen LogP contribution in [-0.4, -0.2) is 34.8 Å². The number of aromatic amines is 1. The van der Waals surface area contributed by atoms with Gasteiger partial charge < -0.3 is 15.1 Å². The van der Waals surface area contributed by atoms with Gasteiger partial charge in [0.25, 0.3) is 0 Å². The van der Waals surface area contributed by atoms with Gasteiger partial charge >= 0.3 is 0 Å². The summed E-state index contributed by atoms with van der Waals surface area (Å²) in [6, 6.07) is 1.87. The second-order valence-electron chi connectivity index (χ2n) is 5.50. The summed E-state index contributed by atoms with van der Waals surface area (Å²) in [5, 5.41) is 7.24. The highest BCUT2D eigenvalue weighted by atomic mass is 16.3. The van der Waals surface area contributed by atoms with Gasteiger partial charge in [-0.3, -0.25) is 5.10 Å². The highest BCUT2D eigenvalue weighted by molar-refractivity contribution is 5.54. The van der Waals surface area contributed by atoms with E-state index >= 15 is 0 Å². The van der Waals surface area contributed by atoms with Gasteiger partial charge in [-0.25, -0.2) is 0 Å². The van der Waals surface area contributed by atoms with E-state index in [0.717, 1.165) is 49.8 Å². The largest absolute Gasteiger partial charge is 0.472 e. The smallest absolute Gasteiger partial charge is 0.245 e. The Bertz CT molecular complexity index is 525. The van der Waals surface area contributed by atoms with Gasteiger partial charge in [0, 0.05) is 13.1 Å². The third-order valence-corrected chi connectivity index (χ3v) is 4.01. The zero-order valence-electron chi connectivity index (χ0n) is 11.1. The molecule has 0 spiro atoms. The average molecular weight is 261 g/mol. The van der Waals surface area contributed by atoms with E-state index in [1.807, 2.05) is 6.07 Å². The van der Waals surface area contributed by atoms with E-state index in [-0.39, 0.29) is 5.41 Å². The highest BCUT2D eigenvalue weighted by Gasteiger charge is 2.30. The zero-order valence-corrected chi connectivity index (χ0v) is 11.1. The Hall–Kier alpha value is -1.82. The van der Waals surface area contributed by atoms with Gasteiger partial charge in [-0.05, 0) is 30.9 Å². The summed E-state index contributed by atoms with van der Waals surface area (Å²) in [5.74, 6) is 1.51. The van der Waals surface area contributed by atoms with E-state index in [4.69, 9.17) is 10.2 Å². The van der Waals surface area contributed by atoms with Crippen LogP contribution in [0.15, 0.2) is 23.0 Å². The van der Waals surface area contributed by atoms with Crippen LogP contribution in [-0.2, 0) is 0 Å². The average Bonchev–Trinajstić information content (AvgIpc) is 3.10. The SMILES string of the molecule is CC1(CN)CCN(c2n[nH]c(-c3ccoc3)n2)CC1. The first kappa shape index (κ1) is 12.2. The fourth-order valence-corrected chi connectivity index (χ4v) is 2.37. The zero-order chi connectivity index (χ0) is 13.3. The van der Waals surface area contributed by atoms with E-state index in [0.29, 0.717) is 0 Å². The molecule has 1 saturated heterocycles. The fourth-order valence-electron chi connectivity index (χ4n) is 2.37. The summed E-state index contributed by atoms with van der Waals surface area (Å²) in [7, 11) is 0. The molecule has 6 nitrogen and oxygen atoms in total. The van der Waals surface area contributed by atoms with Gasteiger partial charge in [0.15, 0.2) is 5.82 Å². The monoisotopic (exact) mass is 261 g/mol. The number of furan rings is 1. The third kappa shape index (κ3) is 2.35. The van der Waals surface area contributed by atoms with Crippen molar-refractivity contribution in [1.29, 1.82) is 0 Å². The standard InChI is InChI=1S/C13H19N5O/c1-13(9-14)3-5-18(6-4-13)12-15-11(16-17-12)10-2-7-19-8-10/h2,7-8H,3-6,9,14H2,1H3,(H,15,16,17). The molecule has 0 aliphatic carbocycles. The van der Waals surface area contributed by atoms with Crippen molar-refractivity contribution in [3.63, 3.8) is 0 Å². The predicted molar refractivity (Wildman–Crippen MR) is 72.7 cm³/mol. The molecular formula is C13H19N5O. The molecule has 6 heteroatoms. The number of aromatic nitrogens is 3. The minimum absolute atomic E-state index is 0.264. The molecule has 0 unspecified atom stereocenters. The Morgan fingerprint density at radius 2 is 2.26 bits per heavy atom. The second-order valence-corrected chi connectivity index (χ2v) is 5.50. The van der Waals surface area contributed by atoms with Crippen molar-refractivity contribution in [3.8, 4) is 11.4 Å². The van der Waals surface area contributed by atoms with Crippen LogP contribution >= 0.6 is 0 Å². The van der Waals surface area contributed by atoms with Gasteiger partial charge in [0.2, 0.25) is 5.95 Å². The second kappa shape index (κ2) is 4.70. The van der Waals surface area contributed by atoms with Crippen LogP contribution < -0.4 is 10.6 Å². The summed E-state index contributed by atoms with van der Waals surface area (Å²) in [4.78, 5) is 6.72. The van der Waals surface area contributed by atoms with Crippen LogP contribution in [0.25, 0.3) is 11.4 Å². The van der Waals surface area contributed by atoms with Crippen molar-refractivity contribution in [2.45, 2.75) is 19.8 Å². The van der Waals surface area contributed by atoms with Crippen molar-refractivity contribution >= 4 is 5.95 Å². The lowest BCUT2D eigenvalue weighted by Gasteiger charge is -2.38. The molecule has 19 heavy (non-hydrogen) atoms. The Kier molecular flexibility index (Phi) is 3.02. The molecule has 3 heterocycles. The predicted octanol–water partition coefficient (Wildman–Crippen LogP) is 1.63. The molecule has 0 radical (unpaired) electrons. The van der Waals surface area contributed by atoms with Crippen molar-refractivity contribution in [1.82, 2.24) is 15.2 Å². The minimum Gasteiger partial charge on any atom is -0.472 e. The van der Waals surface area contributed by atoms with Crippen molar-refractivity contribution in [3.05, 3.63) is 18.6 Å². The fraction of sp³-hybridized carbons (Fsp3) is 0.538. The Labute approximate surface area is 112 Å². The Balaban J connectivity index is 1.71. The van der Waals surface area contributed by atoms with E-state index in [1.54, 1.807) is 12.5 Å². The number of piperidine rings is 1. The molecule has 1 aliphatic rings. The van der Waals surface area contributed by atoms with Gasteiger partial charge in [-0.2, -0.15) is 4.98 Å². The quantitative estimate of drug-likeness (QED) is 0.877. The molecule has 1 aliphatic heterocycles. The molecule has 0 aromatic carbocycles. The van der Waals surface area contributed by atoms with Crippen LogP contribution in [0.4, 0.5) is 5.95 Å². The molecule has 1 fully saturated rings. The first-order chi connectivity index (χ1) is 9.20. The number of nitrogens with zero attached hydrogens (tertiary/aromatic N) is 3. The number of hydrogen-bond acceptors (Lipinski definition) is 5. The van der Waals surface area contributed by atoms with Crippen molar-refractivity contribution in [2.75, 3.05) is 24.5 Å². The number of rotatable bonds is 3. The topological polar surface area (TPSA) is 84.0 Å². The molecule has 0 bridgehead atoms. The lowest BCUT2D eigenvalue weighted by Crippen LogP contribution is -2.42. The van der Waals surface area contributed by atoms with Gasteiger partial charge in [0.05, 0.1) is 11.8 Å². The molecule has 3 rings (SSSR count). The van der Waals surface area contributed by atoms with Crippen molar-refractivity contribution in [2.24, 2.45) is 11.1 Å². The molecule has 3 N–H and O–H groups in total. The third-order valence-electron chi connectivity index (χ3n) is 4.01. The first-order valence-corrected chi connectivity index (χ1v) is 6.60. The summed E-state index contributed by atoms with van der Waals surface area (Å²) < 4.78 is 5.05. The molecule has 0 atom stereocenters. The van der Waals surface area contributed by atoms with Crippen LogP contribution in [0, 0.1) is 5.41 Å². The Morgan fingerprint density at radius 3 is 2.89 bits per heavy atom. The maximum Gasteiger partial charge on any atom is 0.245 e. The minimum atomic E-state index is 0.264. The summed E-state index contributed by atoms with van der Waals surface area (Å²) in [6.07, 6.45) is 5.45. The van der Waals surface area contributed by atoms with Crippen LogP contribution in [0.1, 0.15) is 19.8 Å². The number of anilines is 1. The molecule has 2 aromatic heterocycles. The first-order valence-electron chi connectivity index (χ1n) is 6.60. The van der Waals surface area contributed by atoms with E-state index in [9.17, 15) is 0 Å². The maximum absolute atomic E-state index is 5.82. The summed E-state index contributed by atoms with van der Waals surface area (Å²) in [5.41, 5.74) is 7.01. The normalized spacial score (nSPS) is 18.7. The maximum atomic E-state index is 5.82. The summed E-state index contributed by atoms with van der Waals surface area (Å²) >= 11 is 0. The van der Waals surface area contributed by atoms with Crippen LogP contribution in [0.5, 0.6) is 0 Å². The number of nitrogens with one attached hydrogen (secondary N) is 1. The molecule has 102 valence electrons. The van der Waals surface area contributed by atoms with E-state index in [2.05, 4.69) is 27.0 Å². The van der Waals surface area contributed by atoms with Crippen LogP contribution in [0.2, 0.25) is 0 Å². The number of hydrogen-bond donors (Lipinski definition) is 2. The van der Waals surface area contributed by atoms with Crippen LogP contribution in [0.3, 0.4) is 0 Å². The lowest BCUT2D eigenvalue weighted by atomic mass is 9.81. The van der Waals surface area contributed by atoms with Crippen molar-refractivity contribution < 1.29 is 4.42 Å². The summed E-state index contributed by atoms with van der Waals surface area (Å²) in [6.45, 7) is 4.90. The molecule has 2 aromatic rings. The molecular weight excluding hydrogens is 242 g/mol. The van der Waals surface area contributed by atoms with Gasteiger partial charge in [-0.1, -0.05) is 6.92 Å². The van der Waals surface area contributed by atoms with E-state index in [1.165, 1.54) is 0 Å². The van der Waals surface area contributed by atoms with Gasteiger partial charge in [-0.15, -0.1) is 5.10 Å². The number of nitrogens with two attached hydrogens (primary N) is 1. The highest BCUT2D eigenvalue weighted by Crippen LogP contribution is 2.31. The van der Waals surface area contributed by atoms with E-state index < -0.39 is 0 Å². The molecule has 0 amide bonds. The van der Waals surface area contributed by atoms with Gasteiger partial charge in [0.1, 0.15) is 6.26 Å². The number of H-pyrrole nitrogens is 1. The lowest BCUT2D eigenvalue weighted by molar-refractivity contribution is 0.257.